The van der Waals surface area contributed by atoms with Gasteiger partial charge in [-0.1, -0.05) is 32.6 Å². The molecule has 1 fully saturated rings. The summed E-state index contributed by atoms with van der Waals surface area (Å²) in [5.74, 6) is 0.318. The third kappa shape index (κ3) is 13.4. The Morgan fingerprint density at radius 3 is 1.81 bits per heavy atom. The molecule has 1 aliphatic rings. The third-order valence-corrected chi connectivity index (χ3v) is 5.95. The molecule has 0 atom stereocenters. The van der Waals surface area contributed by atoms with Crippen molar-refractivity contribution < 1.29 is 14.4 Å². The minimum atomic E-state index is 0.0160. The molecule has 0 aromatic rings. The summed E-state index contributed by atoms with van der Waals surface area (Å²) >= 11 is 0. The van der Waals surface area contributed by atoms with Crippen molar-refractivity contribution >= 4 is 17.7 Å². The lowest BCUT2D eigenvalue weighted by Gasteiger charge is -2.37. The molecular weight excluding hydrogens is 392 g/mol. The van der Waals surface area contributed by atoms with E-state index in [9.17, 15) is 14.4 Å². The normalized spacial score (nSPS) is 14.6. The van der Waals surface area contributed by atoms with Gasteiger partial charge in [-0.15, -0.1) is 0 Å². The van der Waals surface area contributed by atoms with Crippen molar-refractivity contribution in [3.63, 3.8) is 0 Å². The Balaban J connectivity index is 1.95. The highest BCUT2D eigenvalue weighted by atomic mass is 16.2. The lowest BCUT2D eigenvalue weighted by atomic mass is 10.1. The van der Waals surface area contributed by atoms with Crippen molar-refractivity contribution in [1.82, 2.24) is 20.4 Å². The molecule has 1 heterocycles. The van der Waals surface area contributed by atoms with Gasteiger partial charge in [0.1, 0.15) is 0 Å². The van der Waals surface area contributed by atoms with E-state index in [0.717, 1.165) is 58.4 Å². The van der Waals surface area contributed by atoms with E-state index in [1.807, 2.05) is 4.90 Å². The van der Waals surface area contributed by atoms with Crippen LogP contribution in [0.25, 0.3) is 0 Å². The number of amides is 3. The second-order valence-electron chi connectivity index (χ2n) is 8.94. The zero-order valence-corrected chi connectivity index (χ0v) is 20.2. The number of unbranched alkanes of at least 4 members (excludes halogenated alkanes) is 5. The lowest BCUT2D eigenvalue weighted by Crippen LogP contribution is -2.50. The van der Waals surface area contributed by atoms with Crippen molar-refractivity contribution in [3.05, 3.63) is 0 Å². The molecular formula is C24H46N4O3. The maximum Gasteiger partial charge on any atom is 0.222 e. The van der Waals surface area contributed by atoms with Gasteiger partial charge in [-0.25, -0.2) is 0 Å². The maximum absolute atomic E-state index is 12.3. The van der Waals surface area contributed by atoms with Crippen LogP contribution in [0.3, 0.4) is 0 Å². The van der Waals surface area contributed by atoms with Crippen molar-refractivity contribution in [2.24, 2.45) is 0 Å². The quantitative estimate of drug-likeness (QED) is 0.363. The first-order valence-electron chi connectivity index (χ1n) is 12.5. The first-order chi connectivity index (χ1) is 14.9. The van der Waals surface area contributed by atoms with E-state index in [4.69, 9.17) is 0 Å². The molecule has 7 heteroatoms. The van der Waals surface area contributed by atoms with Gasteiger partial charge in [0.05, 0.1) is 0 Å². The van der Waals surface area contributed by atoms with Crippen LogP contribution in [0.5, 0.6) is 0 Å². The van der Waals surface area contributed by atoms with Gasteiger partial charge in [0.2, 0.25) is 17.7 Å². The Labute approximate surface area is 189 Å². The number of nitrogens with zero attached hydrogens (tertiary/aromatic N) is 2. The van der Waals surface area contributed by atoms with E-state index >= 15 is 0 Å². The number of piperazine rings is 1. The zero-order valence-electron chi connectivity index (χ0n) is 20.2. The SMILES string of the molecule is CCCCCCNC(=O)CCCCCNC(=O)CCCC(=O)N1CCN(C(C)C)CC1. The van der Waals surface area contributed by atoms with E-state index < -0.39 is 0 Å². The van der Waals surface area contributed by atoms with E-state index in [1.165, 1.54) is 19.3 Å². The molecule has 0 aromatic heterocycles. The molecule has 1 saturated heterocycles. The second-order valence-corrected chi connectivity index (χ2v) is 8.94. The number of carbonyl (C=O) groups is 3. The standard InChI is InChI=1S/C24H46N4O3/c1-4-5-6-9-15-25-22(29)12-8-7-10-16-26-23(30)13-11-14-24(31)28-19-17-27(18-20-28)21(2)3/h21H,4-20H2,1-3H3,(H,25,29)(H,26,30). The third-order valence-electron chi connectivity index (χ3n) is 5.95. The van der Waals surface area contributed by atoms with Gasteiger partial charge in [-0.2, -0.15) is 0 Å². The summed E-state index contributed by atoms with van der Waals surface area (Å²) in [6.45, 7) is 11.4. The molecule has 31 heavy (non-hydrogen) atoms. The Morgan fingerprint density at radius 2 is 1.26 bits per heavy atom. The summed E-state index contributed by atoms with van der Waals surface area (Å²) in [5.41, 5.74) is 0. The summed E-state index contributed by atoms with van der Waals surface area (Å²) < 4.78 is 0. The van der Waals surface area contributed by atoms with E-state index in [1.54, 1.807) is 0 Å². The Bertz CT molecular complexity index is 517. The van der Waals surface area contributed by atoms with Crippen molar-refractivity contribution in [2.75, 3.05) is 39.3 Å². The molecule has 3 amide bonds. The fourth-order valence-electron chi connectivity index (χ4n) is 3.82. The molecule has 0 bridgehead atoms. The summed E-state index contributed by atoms with van der Waals surface area (Å²) in [6.07, 6.45) is 9.37. The number of carbonyl (C=O) groups excluding carboxylic acids is 3. The van der Waals surface area contributed by atoms with Crippen molar-refractivity contribution in [2.45, 2.75) is 97.4 Å². The highest BCUT2D eigenvalue weighted by Crippen LogP contribution is 2.09. The van der Waals surface area contributed by atoms with E-state index in [0.29, 0.717) is 38.3 Å². The smallest absolute Gasteiger partial charge is 0.222 e. The predicted octanol–water partition coefficient (Wildman–Crippen LogP) is 3.08. The largest absolute Gasteiger partial charge is 0.356 e. The van der Waals surface area contributed by atoms with Crippen LogP contribution in [-0.2, 0) is 14.4 Å². The van der Waals surface area contributed by atoms with E-state index in [-0.39, 0.29) is 17.7 Å². The van der Waals surface area contributed by atoms with Gasteiger partial charge in [0.25, 0.3) is 0 Å². The number of hydrogen-bond acceptors (Lipinski definition) is 4. The van der Waals surface area contributed by atoms with Crippen LogP contribution >= 0.6 is 0 Å². The molecule has 1 rings (SSSR count). The summed E-state index contributed by atoms with van der Waals surface area (Å²) in [5, 5.41) is 5.90. The molecule has 180 valence electrons. The maximum atomic E-state index is 12.3. The van der Waals surface area contributed by atoms with Gasteiger partial charge in [0, 0.05) is 64.6 Å². The van der Waals surface area contributed by atoms with Crippen LogP contribution in [0.1, 0.15) is 91.4 Å². The lowest BCUT2D eigenvalue weighted by molar-refractivity contribution is -0.133. The minimum absolute atomic E-state index is 0.0160. The van der Waals surface area contributed by atoms with Crippen LogP contribution < -0.4 is 10.6 Å². The summed E-state index contributed by atoms with van der Waals surface area (Å²) in [4.78, 5) is 40.3. The number of hydrogen-bond donors (Lipinski definition) is 2. The summed E-state index contributed by atoms with van der Waals surface area (Å²) in [7, 11) is 0. The average Bonchev–Trinajstić information content (AvgIpc) is 2.76. The van der Waals surface area contributed by atoms with Gasteiger partial charge in [-0.3, -0.25) is 19.3 Å². The molecule has 1 aliphatic heterocycles. The first kappa shape index (κ1) is 27.4. The highest BCUT2D eigenvalue weighted by Gasteiger charge is 2.22. The van der Waals surface area contributed by atoms with Crippen molar-refractivity contribution in [3.8, 4) is 0 Å². The van der Waals surface area contributed by atoms with E-state index in [2.05, 4.69) is 36.3 Å². The molecule has 0 aromatic carbocycles. The van der Waals surface area contributed by atoms with Gasteiger partial charge < -0.3 is 15.5 Å². The second kappa shape index (κ2) is 17.0. The number of nitrogens with one attached hydrogen (secondary N) is 2. The Kier molecular flexibility index (Phi) is 15.0. The highest BCUT2D eigenvalue weighted by molar-refractivity contribution is 5.79. The van der Waals surface area contributed by atoms with Crippen LogP contribution in [0.15, 0.2) is 0 Å². The minimum Gasteiger partial charge on any atom is -0.356 e. The molecule has 0 saturated carbocycles. The molecule has 2 N–H and O–H groups in total. The molecule has 7 nitrogen and oxygen atoms in total. The Morgan fingerprint density at radius 1 is 0.710 bits per heavy atom. The topological polar surface area (TPSA) is 81.8 Å². The summed E-state index contributed by atoms with van der Waals surface area (Å²) in [6, 6.07) is 0.526. The molecule has 0 unspecified atom stereocenters. The fraction of sp³-hybridized carbons (Fsp3) is 0.875. The van der Waals surface area contributed by atoms with Gasteiger partial charge in [0.15, 0.2) is 0 Å². The van der Waals surface area contributed by atoms with Crippen LogP contribution in [0.2, 0.25) is 0 Å². The van der Waals surface area contributed by atoms with Gasteiger partial charge >= 0.3 is 0 Å². The Hall–Kier alpha value is -1.63. The first-order valence-corrected chi connectivity index (χ1v) is 12.5. The number of rotatable bonds is 16. The fourth-order valence-corrected chi connectivity index (χ4v) is 3.82. The molecule has 0 aliphatic carbocycles. The predicted molar refractivity (Wildman–Crippen MR) is 126 cm³/mol. The van der Waals surface area contributed by atoms with Crippen molar-refractivity contribution in [1.29, 1.82) is 0 Å². The average molecular weight is 439 g/mol. The molecule has 0 spiro atoms. The van der Waals surface area contributed by atoms with Crippen LogP contribution in [-0.4, -0.2) is 72.8 Å². The monoisotopic (exact) mass is 438 g/mol. The van der Waals surface area contributed by atoms with Crippen LogP contribution in [0, 0.1) is 0 Å². The molecule has 0 radical (unpaired) electrons. The zero-order chi connectivity index (χ0) is 22.9. The van der Waals surface area contributed by atoms with Crippen LogP contribution in [0.4, 0.5) is 0 Å². The van der Waals surface area contributed by atoms with Gasteiger partial charge in [-0.05, 0) is 39.5 Å².